The van der Waals surface area contributed by atoms with Crippen molar-refractivity contribution in [2.75, 3.05) is 6.54 Å². The maximum Gasteiger partial charge on any atom is 0.227 e. The molecule has 1 amide bonds. The summed E-state index contributed by atoms with van der Waals surface area (Å²) in [6.07, 6.45) is 7.77. The molecule has 1 aliphatic heterocycles. The Hall–Kier alpha value is -1.88. The SMILES string of the molecule is Cc1nccn1CC[C@H]1CCCCN1C(=O)Cc1c(F)cccc1Cl. The molecule has 2 heterocycles. The number of piperidine rings is 1. The number of hydrogen-bond donors (Lipinski definition) is 0. The molecule has 0 saturated carbocycles. The van der Waals surface area contributed by atoms with Gasteiger partial charge in [0.15, 0.2) is 0 Å². The molecule has 25 heavy (non-hydrogen) atoms. The van der Waals surface area contributed by atoms with Gasteiger partial charge in [-0.3, -0.25) is 4.79 Å². The zero-order valence-electron chi connectivity index (χ0n) is 14.4. The summed E-state index contributed by atoms with van der Waals surface area (Å²) in [5.41, 5.74) is 0.295. The topological polar surface area (TPSA) is 38.1 Å². The van der Waals surface area contributed by atoms with E-state index in [-0.39, 0.29) is 18.4 Å². The molecule has 1 fully saturated rings. The van der Waals surface area contributed by atoms with Gasteiger partial charge >= 0.3 is 0 Å². The van der Waals surface area contributed by atoms with Crippen molar-refractivity contribution < 1.29 is 9.18 Å². The van der Waals surface area contributed by atoms with E-state index in [0.29, 0.717) is 10.6 Å². The molecule has 0 bridgehead atoms. The van der Waals surface area contributed by atoms with Crippen LogP contribution >= 0.6 is 11.6 Å². The van der Waals surface area contributed by atoms with Crippen molar-refractivity contribution in [2.45, 2.75) is 51.6 Å². The number of carbonyl (C=O) groups is 1. The summed E-state index contributed by atoms with van der Waals surface area (Å²) in [5, 5.41) is 0.316. The average molecular weight is 364 g/mol. The zero-order chi connectivity index (χ0) is 17.8. The highest BCUT2D eigenvalue weighted by Gasteiger charge is 2.27. The Balaban J connectivity index is 1.67. The van der Waals surface area contributed by atoms with Gasteiger partial charge < -0.3 is 9.47 Å². The van der Waals surface area contributed by atoms with Crippen LogP contribution in [0, 0.1) is 12.7 Å². The smallest absolute Gasteiger partial charge is 0.227 e. The highest BCUT2D eigenvalue weighted by atomic mass is 35.5. The van der Waals surface area contributed by atoms with Crippen LogP contribution in [0.3, 0.4) is 0 Å². The van der Waals surface area contributed by atoms with Crippen molar-refractivity contribution >= 4 is 17.5 Å². The normalized spacial score (nSPS) is 17.7. The second-order valence-corrected chi connectivity index (χ2v) is 6.98. The van der Waals surface area contributed by atoms with Crippen molar-refractivity contribution in [3.05, 3.63) is 52.8 Å². The molecule has 0 aliphatic carbocycles. The first kappa shape index (κ1) is 17.9. The molecule has 3 rings (SSSR count). The van der Waals surface area contributed by atoms with Crippen LogP contribution in [0.15, 0.2) is 30.6 Å². The van der Waals surface area contributed by atoms with E-state index in [1.165, 1.54) is 6.07 Å². The fourth-order valence-electron chi connectivity index (χ4n) is 3.51. The monoisotopic (exact) mass is 363 g/mol. The average Bonchev–Trinajstić information content (AvgIpc) is 3.01. The van der Waals surface area contributed by atoms with Crippen LogP contribution in [0.1, 0.15) is 37.1 Å². The lowest BCUT2D eigenvalue weighted by Crippen LogP contribution is -2.45. The minimum atomic E-state index is -0.413. The number of hydrogen-bond acceptors (Lipinski definition) is 2. The van der Waals surface area contributed by atoms with Gasteiger partial charge in [0.2, 0.25) is 5.91 Å². The molecule has 4 nitrogen and oxygen atoms in total. The number of benzene rings is 1. The van der Waals surface area contributed by atoms with Crippen LogP contribution in [0.4, 0.5) is 4.39 Å². The van der Waals surface area contributed by atoms with Gasteiger partial charge in [-0.25, -0.2) is 9.37 Å². The molecule has 0 unspecified atom stereocenters. The van der Waals surface area contributed by atoms with Crippen LogP contribution < -0.4 is 0 Å². The molecular weight excluding hydrogens is 341 g/mol. The Morgan fingerprint density at radius 1 is 1.40 bits per heavy atom. The number of imidazole rings is 1. The molecule has 134 valence electrons. The molecular formula is C19H23ClFN3O. The third kappa shape index (κ3) is 4.21. The van der Waals surface area contributed by atoms with Crippen LogP contribution in [0.2, 0.25) is 5.02 Å². The van der Waals surface area contributed by atoms with Gasteiger partial charge in [0.1, 0.15) is 11.6 Å². The Morgan fingerprint density at radius 3 is 2.96 bits per heavy atom. The maximum atomic E-state index is 14.0. The molecule has 1 aromatic heterocycles. The van der Waals surface area contributed by atoms with E-state index in [4.69, 9.17) is 11.6 Å². The van der Waals surface area contributed by atoms with Gasteiger partial charge in [-0.05, 0) is 44.7 Å². The Kier molecular flexibility index (Phi) is 5.74. The molecule has 1 aromatic carbocycles. The standard InChI is InChI=1S/C19H23ClFN3O/c1-14-22-9-12-23(14)11-8-15-5-2-3-10-24(15)19(25)13-16-17(20)6-4-7-18(16)21/h4,6-7,9,12,15H,2-3,5,8,10-11,13H2,1H3/t15-/m1/s1. The van der Waals surface area contributed by atoms with Gasteiger partial charge in [-0.2, -0.15) is 0 Å². The molecule has 2 aromatic rings. The molecule has 0 radical (unpaired) electrons. The summed E-state index contributed by atoms with van der Waals surface area (Å²) in [4.78, 5) is 18.9. The lowest BCUT2D eigenvalue weighted by atomic mass is 9.98. The van der Waals surface area contributed by atoms with Crippen LogP contribution in [0.5, 0.6) is 0 Å². The second kappa shape index (κ2) is 8.00. The third-order valence-corrected chi connectivity index (χ3v) is 5.32. The fourth-order valence-corrected chi connectivity index (χ4v) is 3.74. The molecule has 6 heteroatoms. The van der Waals surface area contributed by atoms with Gasteiger partial charge in [0.25, 0.3) is 0 Å². The summed E-state index contributed by atoms with van der Waals surface area (Å²) in [5.74, 6) is 0.523. The molecule has 0 spiro atoms. The van der Waals surface area contributed by atoms with E-state index >= 15 is 0 Å². The lowest BCUT2D eigenvalue weighted by molar-refractivity contribution is -0.134. The van der Waals surface area contributed by atoms with E-state index in [0.717, 1.165) is 44.6 Å². The molecule has 1 atom stereocenters. The second-order valence-electron chi connectivity index (χ2n) is 6.57. The quantitative estimate of drug-likeness (QED) is 0.805. The van der Waals surface area contributed by atoms with Crippen molar-refractivity contribution in [1.29, 1.82) is 0 Å². The highest BCUT2D eigenvalue weighted by Crippen LogP contribution is 2.24. The largest absolute Gasteiger partial charge is 0.339 e. The van der Waals surface area contributed by atoms with Gasteiger partial charge in [-0.15, -0.1) is 0 Å². The minimum absolute atomic E-state index is 0.0200. The first-order valence-electron chi connectivity index (χ1n) is 8.76. The van der Waals surface area contributed by atoms with E-state index < -0.39 is 5.82 Å². The summed E-state index contributed by atoms with van der Waals surface area (Å²) >= 11 is 6.07. The van der Waals surface area contributed by atoms with Crippen molar-refractivity contribution in [3.63, 3.8) is 0 Å². The Bertz CT molecular complexity index is 726. The van der Waals surface area contributed by atoms with Gasteiger partial charge in [0, 0.05) is 42.1 Å². The van der Waals surface area contributed by atoms with Crippen molar-refractivity contribution in [3.8, 4) is 0 Å². The number of aryl methyl sites for hydroxylation is 2. The predicted octanol–water partition coefficient (Wildman–Crippen LogP) is 4.00. The molecule has 1 aliphatic rings. The predicted molar refractivity (Wildman–Crippen MR) is 96.0 cm³/mol. The first-order chi connectivity index (χ1) is 12.1. The molecule has 0 N–H and O–H groups in total. The summed E-state index contributed by atoms with van der Waals surface area (Å²) < 4.78 is 16.1. The summed E-state index contributed by atoms with van der Waals surface area (Å²) in [6, 6.07) is 4.73. The number of carbonyl (C=O) groups excluding carboxylic acids is 1. The van der Waals surface area contributed by atoms with Gasteiger partial charge in [0.05, 0.1) is 6.42 Å². The van der Waals surface area contributed by atoms with Crippen molar-refractivity contribution in [1.82, 2.24) is 14.5 Å². The van der Waals surface area contributed by atoms with Crippen LogP contribution in [-0.2, 0) is 17.8 Å². The van der Waals surface area contributed by atoms with E-state index in [1.807, 2.05) is 18.0 Å². The van der Waals surface area contributed by atoms with E-state index in [9.17, 15) is 9.18 Å². The van der Waals surface area contributed by atoms with Crippen LogP contribution in [-0.4, -0.2) is 32.9 Å². The Morgan fingerprint density at radius 2 is 2.24 bits per heavy atom. The Labute approximate surface area is 152 Å². The number of halogens is 2. The summed E-state index contributed by atoms with van der Waals surface area (Å²) in [6.45, 7) is 3.54. The maximum absolute atomic E-state index is 14.0. The number of rotatable bonds is 5. The third-order valence-electron chi connectivity index (χ3n) is 4.96. The number of aromatic nitrogens is 2. The lowest BCUT2D eigenvalue weighted by Gasteiger charge is -2.36. The number of likely N-dealkylation sites (tertiary alicyclic amines) is 1. The first-order valence-corrected chi connectivity index (χ1v) is 9.14. The fraction of sp³-hybridized carbons (Fsp3) is 0.474. The highest BCUT2D eigenvalue weighted by molar-refractivity contribution is 6.31. The zero-order valence-corrected chi connectivity index (χ0v) is 15.2. The summed E-state index contributed by atoms with van der Waals surface area (Å²) in [7, 11) is 0. The van der Waals surface area contributed by atoms with E-state index in [2.05, 4.69) is 9.55 Å². The minimum Gasteiger partial charge on any atom is -0.339 e. The number of amides is 1. The van der Waals surface area contributed by atoms with Crippen molar-refractivity contribution in [2.24, 2.45) is 0 Å². The molecule has 1 saturated heterocycles. The number of nitrogens with zero attached hydrogens (tertiary/aromatic N) is 3. The van der Waals surface area contributed by atoms with Gasteiger partial charge in [-0.1, -0.05) is 17.7 Å². The van der Waals surface area contributed by atoms with Crippen LogP contribution in [0.25, 0.3) is 0 Å². The van der Waals surface area contributed by atoms with E-state index in [1.54, 1.807) is 18.3 Å².